The quantitative estimate of drug-likeness (QED) is 0.719. The SMILES string of the molecule is CN(CC1CCCNC1)CC1CC(O)C1. The van der Waals surface area contributed by atoms with Gasteiger partial charge in [0.05, 0.1) is 6.10 Å². The monoisotopic (exact) mass is 212 g/mol. The molecule has 0 amide bonds. The van der Waals surface area contributed by atoms with Gasteiger partial charge in [-0.3, -0.25) is 0 Å². The Morgan fingerprint density at radius 3 is 2.60 bits per heavy atom. The molecule has 1 saturated heterocycles. The van der Waals surface area contributed by atoms with E-state index in [1.54, 1.807) is 0 Å². The van der Waals surface area contributed by atoms with Crippen LogP contribution in [-0.2, 0) is 0 Å². The summed E-state index contributed by atoms with van der Waals surface area (Å²) in [6, 6.07) is 0. The van der Waals surface area contributed by atoms with Crippen LogP contribution in [0.15, 0.2) is 0 Å². The molecule has 1 saturated carbocycles. The van der Waals surface area contributed by atoms with Gasteiger partial charge in [-0.1, -0.05) is 0 Å². The fourth-order valence-electron chi connectivity index (χ4n) is 2.89. The van der Waals surface area contributed by atoms with Crippen molar-refractivity contribution < 1.29 is 5.11 Å². The van der Waals surface area contributed by atoms with Crippen LogP contribution in [0.5, 0.6) is 0 Å². The Balaban J connectivity index is 1.61. The first kappa shape index (κ1) is 11.4. The van der Waals surface area contributed by atoms with E-state index in [4.69, 9.17) is 0 Å². The minimum absolute atomic E-state index is 0.000234. The van der Waals surface area contributed by atoms with E-state index in [0.717, 1.165) is 24.7 Å². The number of nitrogens with zero attached hydrogens (tertiary/aromatic N) is 1. The molecule has 0 aromatic carbocycles. The number of hydrogen-bond donors (Lipinski definition) is 2. The molecule has 0 radical (unpaired) electrons. The van der Waals surface area contributed by atoms with Crippen LogP contribution in [0.1, 0.15) is 25.7 Å². The number of nitrogens with one attached hydrogen (secondary N) is 1. The Kier molecular flexibility index (Phi) is 4.00. The lowest BCUT2D eigenvalue weighted by atomic mass is 9.82. The molecule has 2 fully saturated rings. The van der Waals surface area contributed by atoms with E-state index in [1.807, 2.05) is 0 Å². The van der Waals surface area contributed by atoms with Crippen LogP contribution >= 0.6 is 0 Å². The fourth-order valence-corrected chi connectivity index (χ4v) is 2.89. The van der Waals surface area contributed by atoms with Gasteiger partial charge in [0.1, 0.15) is 0 Å². The summed E-state index contributed by atoms with van der Waals surface area (Å²) in [5, 5.41) is 12.7. The molecule has 3 nitrogen and oxygen atoms in total. The largest absolute Gasteiger partial charge is 0.393 e. The standard InChI is InChI=1S/C12H24N2O/c1-14(9-11-5-12(15)6-11)8-10-3-2-4-13-7-10/h10-13,15H,2-9H2,1H3. The van der Waals surface area contributed by atoms with Crippen molar-refractivity contribution in [3.8, 4) is 0 Å². The lowest BCUT2D eigenvalue weighted by Gasteiger charge is -2.36. The molecular weight excluding hydrogens is 188 g/mol. The van der Waals surface area contributed by atoms with Crippen LogP contribution in [0.2, 0.25) is 0 Å². The molecule has 2 rings (SSSR count). The van der Waals surface area contributed by atoms with E-state index in [9.17, 15) is 5.11 Å². The van der Waals surface area contributed by atoms with Crippen molar-refractivity contribution in [3.63, 3.8) is 0 Å². The third-order valence-corrected chi connectivity index (χ3v) is 3.75. The second-order valence-electron chi connectivity index (χ2n) is 5.42. The van der Waals surface area contributed by atoms with Gasteiger partial charge in [-0.05, 0) is 57.7 Å². The van der Waals surface area contributed by atoms with E-state index in [2.05, 4.69) is 17.3 Å². The maximum absolute atomic E-state index is 9.22. The normalized spacial score (nSPS) is 36.6. The average Bonchev–Trinajstić information content (AvgIpc) is 2.17. The Labute approximate surface area is 92.8 Å². The number of piperidine rings is 1. The Bertz CT molecular complexity index is 186. The fraction of sp³-hybridized carbons (Fsp3) is 1.00. The number of aliphatic hydroxyl groups is 1. The molecule has 1 atom stereocenters. The smallest absolute Gasteiger partial charge is 0.0546 e. The summed E-state index contributed by atoms with van der Waals surface area (Å²) < 4.78 is 0. The van der Waals surface area contributed by atoms with Gasteiger partial charge in [-0.2, -0.15) is 0 Å². The second kappa shape index (κ2) is 5.28. The number of hydrogen-bond acceptors (Lipinski definition) is 3. The number of aliphatic hydroxyl groups excluding tert-OH is 1. The van der Waals surface area contributed by atoms with Gasteiger partial charge in [-0.15, -0.1) is 0 Å². The highest BCUT2D eigenvalue weighted by molar-refractivity contribution is 4.81. The molecule has 1 aliphatic heterocycles. The van der Waals surface area contributed by atoms with E-state index < -0.39 is 0 Å². The van der Waals surface area contributed by atoms with Gasteiger partial charge in [0.15, 0.2) is 0 Å². The summed E-state index contributed by atoms with van der Waals surface area (Å²) in [5.74, 6) is 1.59. The van der Waals surface area contributed by atoms with Crippen molar-refractivity contribution in [2.45, 2.75) is 31.8 Å². The topological polar surface area (TPSA) is 35.5 Å². The minimum atomic E-state index is -0.000234. The molecule has 88 valence electrons. The zero-order valence-electron chi connectivity index (χ0n) is 9.78. The highest BCUT2D eigenvalue weighted by atomic mass is 16.3. The molecule has 0 aromatic heterocycles. The van der Waals surface area contributed by atoms with Crippen LogP contribution in [0.25, 0.3) is 0 Å². The van der Waals surface area contributed by atoms with Crippen molar-refractivity contribution in [1.82, 2.24) is 10.2 Å². The first-order chi connectivity index (χ1) is 7.24. The van der Waals surface area contributed by atoms with E-state index in [0.29, 0.717) is 0 Å². The Morgan fingerprint density at radius 1 is 1.27 bits per heavy atom. The third-order valence-electron chi connectivity index (χ3n) is 3.75. The molecule has 0 aromatic rings. The summed E-state index contributed by atoms with van der Waals surface area (Å²) in [5.41, 5.74) is 0. The predicted octanol–water partition coefficient (Wildman–Crippen LogP) is 0.689. The van der Waals surface area contributed by atoms with Crippen molar-refractivity contribution in [3.05, 3.63) is 0 Å². The van der Waals surface area contributed by atoms with Gasteiger partial charge < -0.3 is 15.3 Å². The minimum Gasteiger partial charge on any atom is -0.393 e. The van der Waals surface area contributed by atoms with Gasteiger partial charge in [-0.25, -0.2) is 0 Å². The third kappa shape index (κ3) is 3.44. The molecule has 2 N–H and O–H groups in total. The Hall–Kier alpha value is -0.120. The summed E-state index contributed by atoms with van der Waals surface area (Å²) in [6.45, 7) is 4.79. The van der Waals surface area contributed by atoms with Gasteiger partial charge in [0, 0.05) is 13.1 Å². The summed E-state index contributed by atoms with van der Waals surface area (Å²) >= 11 is 0. The molecule has 15 heavy (non-hydrogen) atoms. The van der Waals surface area contributed by atoms with Gasteiger partial charge >= 0.3 is 0 Å². The molecule has 3 heteroatoms. The lowest BCUT2D eigenvalue weighted by Crippen LogP contribution is -2.41. The molecule has 0 bridgehead atoms. The first-order valence-electron chi connectivity index (χ1n) is 6.31. The van der Waals surface area contributed by atoms with Crippen molar-refractivity contribution >= 4 is 0 Å². The van der Waals surface area contributed by atoms with Crippen LogP contribution < -0.4 is 5.32 Å². The zero-order valence-corrected chi connectivity index (χ0v) is 9.78. The Morgan fingerprint density at radius 2 is 2.00 bits per heavy atom. The maximum atomic E-state index is 9.22. The second-order valence-corrected chi connectivity index (χ2v) is 5.42. The van der Waals surface area contributed by atoms with Gasteiger partial charge in [0.2, 0.25) is 0 Å². The maximum Gasteiger partial charge on any atom is 0.0546 e. The summed E-state index contributed by atoms with van der Waals surface area (Å²) in [7, 11) is 2.22. The van der Waals surface area contributed by atoms with Crippen LogP contribution in [0, 0.1) is 11.8 Å². The van der Waals surface area contributed by atoms with Crippen molar-refractivity contribution in [2.24, 2.45) is 11.8 Å². The van der Waals surface area contributed by atoms with Gasteiger partial charge in [0.25, 0.3) is 0 Å². The van der Waals surface area contributed by atoms with Crippen molar-refractivity contribution in [2.75, 3.05) is 33.2 Å². The summed E-state index contributed by atoms with van der Waals surface area (Å²) in [6.07, 6.45) is 4.76. The molecule has 1 aliphatic carbocycles. The van der Waals surface area contributed by atoms with Crippen molar-refractivity contribution in [1.29, 1.82) is 0 Å². The predicted molar refractivity (Wildman–Crippen MR) is 61.8 cm³/mol. The molecule has 1 heterocycles. The van der Waals surface area contributed by atoms with Crippen LogP contribution in [-0.4, -0.2) is 49.3 Å². The summed E-state index contributed by atoms with van der Waals surface area (Å²) in [4.78, 5) is 2.45. The van der Waals surface area contributed by atoms with E-state index >= 15 is 0 Å². The highest BCUT2D eigenvalue weighted by Crippen LogP contribution is 2.27. The van der Waals surface area contributed by atoms with Crippen LogP contribution in [0.3, 0.4) is 0 Å². The number of rotatable bonds is 4. The molecule has 0 spiro atoms. The lowest BCUT2D eigenvalue weighted by molar-refractivity contribution is 0.0259. The average molecular weight is 212 g/mol. The molecular formula is C12H24N2O. The molecule has 1 unspecified atom stereocenters. The van der Waals surface area contributed by atoms with E-state index in [1.165, 1.54) is 39.0 Å². The first-order valence-corrected chi connectivity index (χ1v) is 6.31. The van der Waals surface area contributed by atoms with E-state index in [-0.39, 0.29) is 6.10 Å². The molecule has 2 aliphatic rings. The highest BCUT2D eigenvalue weighted by Gasteiger charge is 2.28. The van der Waals surface area contributed by atoms with Crippen LogP contribution in [0.4, 0.5) is 0 Å². The zero-order chi connectivity index (χ0) is 10.7.